The number of para-hydroxylation sites is 1. The van der Waals surface area contributed by atoms with Crippen LogP contribution in [0.25, 0.3) is 10.9 Å². The molecule has 2 amide bonds. The van der Waals surface area contributed by atoms with Gasteiger partial charge in [-0.05, 0) is 61.9 Å². The largest absolute Gasteiger partial charge is 0.361 e. The Balaban J connectivity index is 1.31. The first-order valence-corrected chi connectivity index (χ1v) is 10.4. The highest BCUT2D eigenvalue weighted by Crippen LogP contribution is 2.20. The van der Waals surface area contributed by atoms with Crippen molar-refractivity contribution >= 4 is 28.4 Å². The minimum Gasteiger partial charge on any atom is -0.361 e. The number of anilines is 1. The van der Waals surface area contributed by atoms with Crippen molar-refractivity contribution in [3.63, 3.8) is 0 Å². The number of nitrogens with one attached hydrogen (secondary N) is 2. The quantitative estimate of drug-likeness (QED) is 0.639. The Labute approximate surface area is 171 Å². The zero-order chi connectivity index (χ0) is 20.1. The Kier molecular flexibility index (Phi) is 5.94. The monoisotopic (exact) mass is 389 g/mol. The molecule has 1 fully saturated rings. The summed E-state index contributed by atoms with van der Waals surface area (Å²) < 4.78 is 0. The van der Waals surface area contributed by atoms with E-state index in [4.69, 9.17) is 0 Å². The molecule has 4 rings (SSSR count). The lowest BCUT2D eigenvalue weighted by Crippen LogP contribution is -2.35. The van der Waals surface area contributed by atoms with Gasteiger partial charge in [-0.3, -0.25) is 9.59 Å². The predicted octanol–water partition coefficient (Wildman–Crippen LogP) is 4.76. The second-order valence-electron chi connectivity index (χ2n) is 7.69. The summed E-state index contributed by atoms with van der Waals surface area (Å²) in [5.41, 5.74) is 3.69. The third-order valence-corrected chi connectivity index (χ3v) is 5.56. The molecule has 0 spiro atoms. The summed E-state index contributed by atoms with van der Waals surface area (Å²) in [6.07, 6.45) is 7.43. The summed E-state index contributed by atoms with van der Waals surface area (Å²) >= 11 is 0. The first-order chi connectivity index (χ1) is 14.2. The normalized spacial score (nSPS) is 14.1. The molecule has 3 aromatic rings. The van der Waals surface area contributed by atoms with E-state index in [0.29, 0.717) is 17.7 Å². The van der Waals surface area contributed by atoms with E-state index in [1.165, 1.54) is 17.4 Å². The average Bonchev–Trinajstić information content (AvgIpc) is 3.17. The number of nitrogens with zero attached hydrogens (tertiary/aromatic N) is 1. The number of piperidine rings is 1. The van der Waals surface area contributed by atoms with Gasteiger partial charge in [0.05, 0.1) is 0 Å². The minimum atomic E-state index is -0.0209. The fourth-order valence-corrected chi connectivity index (χ4v) is 4.01. The zero-order valence-corrected chi connectivity index (χ0v) is 16.6. The number of amides is 2. The van der Waals surface area contributed by atoms with Crippen molar-refractivity contribution in [2.45, 2.75) is 38.5 Å². The van der Waals surface area contributed by atoms with Gasteiger partial charge < -0.3 is 15.2 Å². The number of likely N-dealkylation sites (tertiary alicyclic amines) is 1. The van der Waals surface area contributed by atoms with Crippen molar-refractivity contribution in [2.24, 2.45) is 0 Å². The van der Waals surface area contributed by atoms with Gasteiger partial charge in [-0.2, -0.15) is 0 Å². The van der Waals surface area contributed by atoms with Crippen LogP contribution in [0.4, 0.5) is 5.69 Å². The number of carbonyl (C=O) groups excluding carboxylic acids is 2. The molecular weight excluding hydrogens is 362 g/mol. The van der Waals surface area contributed by atoms with E-state index >= 15 is 0 Å². The van der Waals surface area contributed by atoms with Crippen molar-refractivity contribution in [1.29, 1.82) is 0 Å². The van der Waals surface area contributed by atoms with Crippen LogP contribution >= 0.6 is 0 Å². The Morgan fingerprint density at radius 2 is 1.83 bits per heavy atom. The molecule has 0 saturated carbocycles. The Morgan fingerprint density at radius 3 is 2.69 bits per heavy atom. The fourth-order valence-electron chi connectivity index (χ4n) is 4.01. The third-order valence-electron chi connectivity index (χ3n) is 5.56. The van der Waals surface area contributed by atoms with Crippen LogP contribution in [0.1, 0.15) is 48.0 Å². The first kappa shape index (κ1) is 19.2. The van der Waals surface area contributed by atoms with E-state index in [2.05, 4.69) is 22.4 Å². The average molecular weight is 389 g/mol. The molecule has 2 aromatic carbocycles. The topological polar surface area (TPSA) is 65.2 Å². The second kappa shape index (κ2) is 8.95. The van der Waals surface area contributed by atoms with Crippen molar-refractivity contribution in [1.82, 2.24) is 9.88 Å². The van der Waals surface area contributed by atoms with Crippen LogP contribution in [0.5, 0.6) is 0 Å². The van der Waals surface area contributed by atoms with Gasteiger partial charge in [-0.1, -0.05) is 24.3 Å². The third kappa shape index (κ3) is 4.67. The van der Waals surface area contributed by atoms with Gasteiger partial charge in [0.2, 0.25) is 5.91 Å². The van der Waals surface area contributed by atoms with Crippen LogP contribution in [-0.2, 0) is 11.2 Å². The van der Waals surface area contributed by atoms with Crippen molar-refractivity contribution in [3.8, 4) is 0 Å². The molecule has 0 bridgehead atoms. The number of aromatic amines is 1. The summed E-state index contributed by atoms with van der Waals surface area (Å²) in [6, 6.07) is 15.5. The molecule has 0 aliphatic carbocycles. The van der Waals surface area contributed by atoms with Crippen LogP contribution in [0.15, 0.2) is 54.7 Å². The van der Waals surface area contributed by atoms with E-state index < -0.39 is 0 Å². The Hall–Kier alpha value is -3.08. The SMILES string of the molecule is O=C(CCCc1c[nH]c2ccccc12)Nc1cccc(C(=O)N2CCCCC2)c1. The molecule has 1 aliphatic heterocycles. The lowest BCUT2D eigenvalue weighted by atomic mass is 10.1. The van der Waals surface area contributed by atoms with E-state index in [0.717, 1.165) is 44.3 Å². The molecular formula is C24H27N3O2. The Morgan fingerprint density at radius 1 is 1.00 bits per heavy atom. The number of aromatic nitrogens is 1. The number of fused-ring (bicyclic) bond motifs is 1. The van der Waals surface area contributed by atoms with Gasteiger partial charge in [0.1, 0.15) is 0 Å². The fraction of sp³-hybridized carbons (Fsp3) is 0.333. The van der Waals surface area contributed by atoms with Gasteiger partial charge in [0.15, 0.2) is 0 Å². The van der Waals surface area contributed by atoms with Crippen molar-refractivity contribution < 1.29 is 9.59 Å². The number of carbonyl (C=O) groups is 2. The molecule has 150 valence electrons. The summed E-state index contributed by atoms with van der Waals surface area (Å²) in [6.45, 7) is 1.65. The summed E-state index contributed by atoms with van der Waals surface area (Å²) in [5.74, 6) is 0.0348. The van der Waals surface area contributed by atoms with E-state index in [-0.39, 0.29) is 11.8 Å². The number of hydrogen-bond donors (Lipinski definition) is 2. The van der Waals surface area contributed by atoms with E-state index in [9.17, 15) is 9.59 Å². The zero-order valence-electron chi connectivity index (χ0n) is 16.6. The molecule has 0 radical (unpaired) electrons. The smallest absolute Gasteiger partial charge is 0.253 e. The molecule has 29 heavy (non-hydrogen) atoms. The van der Waals surface area contributed by atoms with Gasteiger partial charge in [-0.25, -0.2) is 0 Å². The maximum absolute atomic E-state index is 12.7. The van der Waals surface area contributed by atoms with Crippen LogP contribution in [0, 0.1) is 0 Å². The van der Waals surface area contributed by atoms with Crippen molar-refractivity contribution in [2.75, 3.05) is 18.4 Å². The molecule has 5 heteroatoms. The van der Waals surface area contributed by atoms with Crippen LogP contribution in [0.2, 0.25) is 0 Å². The number of benzene rings is 2. The minimum absolute atomic E-state index is 0.0209. The van der Waals surface area contributed by atoms with Gasteiger partial charge in [0, 0.05) is 47.9 Å². The molecule has 2 N–H and O–H groups in total. The molecule has 1 aromatic heterocycles. The summed E-state index contributed by atoms with van der Waals surface area (Å²) in [4.78, 5) is 30.2. The predicted molar refractivity (Wildman–Crippen MR) is 116 cm³/mol. The molecule has 1 saturated heterocycles. The van der Waals surface area contributed by atoms with E-state index in [1.807, 2.05) is 41.4 Å². The summed E-state index contributed by atoms with van der Waals surface area (Å²) in [5, 5.41) is 4.16. The molecule has 0 atom stereocenters. The lowest BCUT2D eigenvalue weighted by Gasteiger charge is -2.26. The van der Waals surface area contributed by atoms with Gasteiger partial charge >= 0.3 is 0 Å². The number of aryl methyl sites for hydroxylation is 1. The van der Waals surface area contributed by atoms with Gasteiger partial charge in [0.25, 0.3) is 5.91 Å². The summed E-state index contributed by atoms with van der Waals surface area (Å²) in [7, 11) is 0. The van der Waals surface area contributed by atoms with Crippen LogP contribution < -0.4 is 5.32 Å². The molecule has 0 unspecified atom stereocenters. The second-order valence-corrected chi connectivity index (χ2v) is 7.69. The number of H-pyrrole nitrogens is 1. The molecule has 1 aliphatic rings. The van der Waals surface area contributed by atoms with Crippen molar-refractivity contribution in [3.05, 3.63) is 65.9 Å². The number of hydrogen-bond acceptors (Lipinski definition) is 2. The highest BCUT2D eigenvalue weighted by Gasteiger charge is 2.18. The van der Waals surface area contributed by atoms with Gasteiger partial charge in [-0.15, -0.1) is 0 Å². The highest BCUT2D eigenvalue weighted by atomic mass is 16.2. The maximum Gasteiger partial charge on any atom is 0.253 e. The molecule has 5 nitrogen and oxygen atoms in total. The van der Waals surface area contributed by atoms with Crippen LogP contribution in [0.3, 0.4) is 0 Å². The highest BCUT2D eigenvalue weighted by molar-refractivity contribution is 5.97. The maximum atomic E-state index is 12.7. The standard InChI is InChI=1S/C24H27N3O2/c28-23(13-7-9-19-17-25-22-12-3-2-11-21(19)22)26-20-10-6-8-18(16-20)24(29)27-14-4-1-5-15-27/h2-3,6,8,10-12,16-17,25H,1,4-5,7,9,13-15H2,(H,26,28). The molecule has 2 heterocycles. The lowest BCUT2D eigenvalue weighted by molar-refractivity contribution is -0.116. The Bertz CT molecular complexity index is 1000. The van der Waals surface area contributed by atoms with E-state index in [1.54, 1.807) is 6.07 Å². The van der Waals surface area contributed by atoms with Crippen LogP contribution in [-0.4, -0.2) is 34.8 Å². The first-order valence-electron chi connectivity index (χ1n) is 10.4. The number of rotatable bonds is 6.